The average Bonchev–Trinajstić information content (AvgIpc) is 3.22. The van der Waals surface area contributed by atoms with Gasteiger partial charge in [0.25, 0.3) is 5.91 Å². The number of carbonyl (C=O) groups is 2. The number of para-hydroxylation sites is 1. The van der Waals surface area contributed by atoms with Gasteiger partial charge in [0.1, 0.15) is 0 Å². The zero-order valence-electron chi connectivity index (χ0n) is 18.6. The molecule has 5 nitrogen and oxygen atoms in total. The SMILES string of the molecule is Cc1cccc(NC(=O)C[NH+](C)[C@@H](C(=O)c2c[nH]c3ccccc23)c2ccccc2)c1C. The van der Waals surface area contributed by atoms with Crippen molar-refractivity contribution >= 4 is 28.3 Å². The third-order valence-electron chi connectivity index (χ3n) is 6.06. The Kier molecular flexibility index (Phi) is 6.19. The van der Waals surface area contributed by atoms with Crippen LogP contribution in [0.3, 0.4) is 0 Å². The van der Waals surface area contributed by atoms with Gasteiger partial charge in [0, 0.05) is 33.9 Å². The van der Waals surface area contributed by atoms with Crippen LogP contribution in [0.5, 0.6) is 0 Å². The fourth-order valence-corrected chi connectivity index (χ4v) is 4.17. The van der Waals surface area contributed by atoms with E-state index in [2.05, 4.69) is 10.3 Å². The van der Waals surface area contributed by atoms with E-state index in [-0.39, 0.29) is 18.2 Å². The number of benzene rings is 3. The van der Waals surface area contributed by atoms with Gasteiger partial charge in [0.05, 0.1) is 7.05 Å². The van der Waals surface area contributed by atoms with Crippen LogP contribution >= 0.6 is 0 Å². The molecule has 0 saturated carbocycles. The smallest absolute Gasteiger partial charge is 0.279 e. The molecule has 3 N–H and O–H groups in total. The van der Waals surface area contributed by atoms with E-state index >= 15 is 0 Å². The first kappa shape index (κ1) is 21.5. The summed E-state index contributed by atoms with van der Waals surface area (Å²) in [5, 5.41) is 3.91. The quantitative estimate of drug-likeness (QED) is 0.393. The lowest BCUT2D eigenvalue weighted by Crippen LogP contribution is -3.11. The van der Waals surface area contributed by atoms with Crippen LogP contribution in [-0.4, -0.2) is 30.3 Å². The van der Waals surface area contributed by atoms with E-state index < -0.39 is 6.04 Å². The molecule has 32 heavy (non-hydrogen) atoms. The minimum Gasteiger partial charge on any atom is -0.360 e. The summed E-state index contributed by atoms with van der Waals surface area (Å²) >= 11 is 0. The maximum atomic E-state index is 13.7. The molecular weight excluding hydrogens is 398 g/mol. The number of Topliss-reactive ketones (excluding diaryl/α,β-unsaturated/α-hetero) is 1. The van der Waals surface area contributed by atoms with Gasteiger partial charge < -0.3 is 15.2 Å². The number of hydrogen-bond acceptors (Lipinski definition) is 2. The minimum atomic E-state index is -0.500. The van der Waals surface area contributed by atoms with Crippen molar-refractivity contribution in [2.24, 2.45) is 0 Å². The number of hydrogen-bond donors (Lipinski definition) is 3. The highest BCUT2D eigenvalue weighted by Crippen LogP contribution is 2.23. The summed E-state index contributed by atoms with van der Waals surface area (Å²) in [6.07, 6.45) is 1.77. The summed E-state index contributed by atoms with van der Waals surface area (Å²) in [4.78, 5) is 30.6. The minimum absolute atomic E-state index is 0.00862. The van der Waals surface area contributed by atoms with Gasteiger partial charge >= 0.3 is 0 Å². The van der Waals surface area contributed by atoms with Crippen molar-refractivity contribution < 1.29 is 14.5 Å². The maximum Gasteiger partial charge on any atom is 0.279 e. The van der Waals surface area contributed by atoms with Crippen molar-refractivity contribution in [1.82, 2.24) is 4.98 Å². The van der Waals surface area contributed by atoms with Crippen LogP contribution in [0, 0.1) is 13.8 Å². The molecule has 1 amide bonds. The van der Waals surface area contributed by atoms with Crippen molar-refractivity contribution in [3.8, 4) is 0 Å². The summed E-state index contributed by atoms with van der Waals surface area (Å²) in [7, 11) is 1.90. The normalized spacial score (nSPS) is 13.0. The van der Waals surface area contributed by atoms with Crippen LogP contribution in [0.15, 0.2) is 79.0 Å². The van der Waals surface area contributed by atoms with Gasteiger partial charge in [0.2, 0.25) is 5.78 Å². The predicted molar refractivity (Wildman–Crippen MR) is 128 cm³/mol. The summed E-state index contributed by atoms with van der Waals surface area (Å²) in [5.41, 5.74) is 5.44. The molecule has 1 aromatic heterocycles. The number of aryl methyl sites for hydroxylation is 1. The van der Waals surface area contributed by atoms with Crippen molar-refractivity contribution in [2.75, 3.05) is 18.9 Å². The van der Waals surface area contributed by atoms with E-state index in [0.717, 1.165) is 38.2 Å². The number of amides is 1. The Bertz CT molecular complexity index is 1260. The van der Waals surface area contributed by atoms with Gasteiger partial charge in [-0.1, -0.05) is 60.7 Å². The van der Waals surface area contributed by atoms with Crippen LogP contribution in [0.4, 0.5) is 5.69 Å². The summed E-state index contributed by atoms with van der Waals surface area (Å²) in [6, 6.07) is 22.8. The van der Waals surface area contributed by atoms with Gasteiger partial charge in [-0.3, -0.25) is 9.59 Å². The zero-order chi connectivity index (χ0) is 22.7. The number of fused-ring (bicyclic) bond motifs is 1. The van der Waals surface area contributed by atoms with E-state index in [0.29, 0.717) is 5.56 Å². The molecule has 0 spiro atoms. The average molecular weight is 427 g/mol. The molecule has 4 rings (SSSR count). The molecule has 5 heteroatoms. The molecule has 0 aliphatic heterocycles. The highest BCUT2D eigenvalue weighted by Gasteiger charge is 2.32. The second-order valence-corrected chi connectivity index (χ2v) is 8.27. The van der Waals surface area contributed by atoms with E-state index in [1.54, 1.807) is 6.20 Å². The number of aromatic nitrogens is 1. The topological polar surface area (TPSA) is 66.4 Å². The Morgan fingerprint density at radius 2 is 1.66 bits per heavy atom. The molecule has 0 aliphatic carbocycles. The van der Waals surface area contributed by atoms with Crippen LogP contribution in [0.2, 0.25) is 0 Å². The van der Waals surface area contributed by atoms with E-state index in [1.807, 2.05) is 93.7 Å². The lowest BCUT2D eigenvalue weighted by atomic mass is 9.96. The highest BCUT2D eigenvalue weighted by atomic mass is 16.2. The fraction of sp³-hybridized carbons (Fsp3) is 0.185. The molecule has 1 unspecified atom stereocenters. The van der Waals surface area contributed by atoms with Gasteiger partial charge in [-0.05, 0) is 37.1 Å². The number of quaternary nitrogens is 1. The standard InChI is InChI=1S/C27H27N3O2/c1-18-10-9-15-23(19(18)2)29-25(31)17-30(3)26(20-11-5-4-6-12-20)27(32)22-16-28-24-14-8-7-13-21(22)24/h4-16,26,28H,17H2,1-3H3,(H,29,31)/p+1/t26-/m1/s1. The third kappa shape index (κ3) is 4.34. The number of ketones is 1. The molecule has 0 radical (unpaired) electrons. The lowest BCUT2D eigenvalue weighted by Gasteiger charge is -2.24. The van der Waals surface area contributed by atoms with Gasteiger partial charge in [-0.2, -0.15) is 0 Å². The molecule has 1 heterocycles. The number of H-pyrrole nitrogens is 1. The van der Waals surface area contributed by atoms with Crippen LogP contribution < -0.4 is 10.2 Å². The van der Waals surface area contributed by atoms with E-state index in [4.69, 9.17) is 0 Å². The molecule has 0 bridgehead atoms. The largest absolute Gasteiger partial charge is 0.360 e. The first-order valence-electron chi connectivity index (χ1n) is 10.8. The van der Waals surface area contributed by atoms with Gasteiger partial charge in [-0.25, -0.2) is 0 Å². The van der Waals surface area contributed by atoms with Gasteiger partial charge in [0.15, 0.2) is 12.6 Å². The number of carbonyl (C=O) groups excluding carboxylic acids is 2. The first-order valence-corrected chi connectivity index (χ1v) is 10.8. The molecule has 0 fully saturated rings. The van der Waals surface area contributed by atoms with Crippen molar-refractivity contribution in [2.45, 2.75) is 19.9 Å². The number of rotatable bonds is 7. The van der Waals surface area contributed by atoms with E-state index in [9.17, 15) is 9.59 Å². The van der Waals surface area contributed by atoms with Crippen LogP contribution in [0.1, 0.15) is 33.1 Å². The van der Waals surface area contributed by atoms with Crippen LogP contribution in [0.25, 0.3) is 10.9 Å². The van der Waals surface area contributed by atoms with Crippen LogP contribution in [-0.2, 0) is 4.79 Å². The Morgan fingerprint density at radius 1 is 0.938 bits per heavy atom. The zero-order valence-corrected chi connectivity index (χ0v) is 18.6. The Morgan fingerprint density at radius 3 is 2.44 bits per heavy atom. The molecular formula is C27H28N3O2+. The summed E-state index contributed by atoms with van der Waals surface area (Å²) < 4.78 is 0. The Balaban J connectivity index is 1.61. The molecule has 0 saturated heterocycles. The molecule has 2 atom stereocenters. The number of likely N-dealkylation sites (N-methyl/N-ethyl adjacent to an activating group) is 1. The number of aromatic amines is 1. The summed E-state index contributed by atoms with van der Waals surface area (Å²) in [5.74, 6) is -0.130. The lowest BCUT2D eigenvalue weighted by molar-refractivity contribution is -0.893. The highest BCUT2D eigenvalue weighted by molar-refractivity contribution is 6.10. The van der Waals surface area contributed by atoms with Crippen molar-refractivity contribution in [3.05, 3.63) is 101 Å². The summed E-state index contributed by atoms with van der Waals surface area (Å²) in [6.45, 7) is 4.18. The van der Waals surface area contributed by atoms with Crippen molar-refractivity contribution in [1.29, 1.82) is 0 Å². The second kappa shape index (κ2) is 9.20. The Labute approximate surface area is 188 Å². The monoisotopic (exact) mass is 426 g/mol. The first-order chi connectivity index (χ1) is 15.5. The second-order valence-electron chi connectivity index (χ2n) is 8.27. The molecule has 0 aliphatic rings. The number of anilines is 1. The van der Waals surface area contributed by atoms with E-state index in [1.165, 1.54) is 0 Å². The Hall–Kier alpha value is -3.70. The molecule has 4 aromatic rings. The maximum absolute atomic E-state index is 13.7. The number of nitrogens with one attached hydrogen (secondary N) is 3. The molecule has 3 aromatic carbocycles. The third-order valence-corrected chi connectivity index (χ3v) is 6.06. The van der Waals surface area contributed by atoms with Gasteiger partial charge in [-0.15, -0.1) is 0 Å². The molecule has 162 valence electrons. The van der Waals surface area contributed by atoms with Crippen molar-refractivity contribution in [3.63, 3.8) is 0 Å². The predicted octanol–water partition coefficient (Wildman–Crippen LogP) is 3.86. The fourth-order valence-electron chi connectivity index (χ4n) is 4.17.